The SMILES string of the molecule is NNc1ncc(Cl)c(Sc2nnc3n2CCCCC3)n1. The van der Waals surface area contributed by atoms with Crippen molar-refractivity contribution in [1.82, 2.24) is 24.7 Å². The van der Waals surface area contributed by atoms with Crippen LogP contribution in [0.1, 0.15) is 25.1 Å². The number of hydrazine groups is 1. The van der Waals surface area contributed by atoms with E-state index in [1.165, 1.54) is 24.4 Å². The molecule has 0 aliphatic carbocycles. The van der Waals surface area contributed by atoms with Gasteiger partial charge in [0.05, 0.1) is 11.2 Å². The summed E-state index contributed by atoms with van der Waals surface area (Å²) >= 11 is 7.50. The maximum absolute atomic E-state index is 6.11. The van der Waals surface area contributed by atoms with Gasteiger partial charge in [0.15, 0.2) is 5.16 Å². The van der Waals surface area contributed by atoms with E-state index in [2.05, 4.69) is 30.2 Å². The lowest BCUT2D eigenvalue weighted by Gasteiger charge is -2.07. The number of nitrogen functional groups attached to an aromatic ring is 1. The smallest absolute Gasteiger partial charge is 0.238 e. The van der Waals surface area contributed by atoms with Gasteiger partial charge in [-0.15, -0.1) is 10.2 Å². The van der Waals surface area contributed by atoms with E-state index >= 15 is 0 Å². The minimum Gasteiger partial charge on any atom is -0.306 e. The molecule has 0 radical (unpaired) electrons. The molecule has 3 N–H and O–H groups in total. The van der Waals surface area contributed by atoms with Crippen LogP contribution in [0.25, 0.3) is 0 Å². The van der Waals surface area contributed by atoms with Gasteiger partial charge in [-0.25, -0.2) is 15.8 Å². The fourth-order valence-corrected chi connectivity index (χ4v) is 3.16. The number of hydrogen-bond acceptors (Lipinski definition) is 7. The van der Waals surface area contributed by atoms with Gasteiger partial charge in [0.25, 0.3) is 0 Å². The third-order valence-electron chi connectivity index (χ3n) is 3.10. The molecule has 1 aliphatic rings. The Balaban J connectivity index is 1.90. The standard InChI is InChI=1S/C11H14ClN7S/c12-7-6-14-10(16-13)15-9(7)20-11-18-17-8-4-2-1-3-5-19(8)11/h6H,1-5,13H2,(H,14,15,16). The van der Waals surface area contributed by atoms with Crippen LogP contribution in [0.5, 0.6) is 0 Å². The zero-order valence-electron chi connectivity index (χ0n) is 10.7. The van der Waals surface area contributed by atoms with Gasteiger partial charge >= 0.3 is 0 Å². The number of aryl methyl sites for hydroxylation is 1. The Morgan fingerprint density at radius 3 is 3.05 bits per heavy atom. The molecule has 0 saturated heterocycles. The second-order valence-electron chi connectivity index (χ2n) is 4.45. The van der Waals surface area contributed by atoms with E-state index in [1.807, 2.05) is 0 Å². The van der Waals surface area contributed by atoms with Crippen molar-refractivity contribution in [3.8, 4) is 0 Å². The number of halogens is 1. The molecule has 9 heteroatoms. The zero-order valence-corrected chi connectivity index (χ0v) is 12.3. The predicted octanol–water partition coefficient (Wildman–Crippen LogP) is 1.88. The first-order chi connectivity index (χ1) is 9.78. The highest BCUT2D eigenvalue weighted by Crippen LogP contribution is 2.32. The first-order valence-electron chi connectivity index (χ1n) is 6.37. The van der Waals surface area contributed by atoms with Gasteiger partial charge in [-0.05, 0) is 24.6 Å². The van der Waals surface area contributed by atoms with Gasteiger partial charge in [-0.3, -0.25) is 5.43 Å². The molecule has 1 aliphatic heterocycles. The molecule has 0 atom stereocenters. The molecule has 0 bridgehead atoms. The van der Waals surface area contributed by atoms with Crippen molar-refractivity contribution in [3.05, 3.63) is 17.0 Å². The average Bonchev–Trinajstić information content (AvgIpc) is 2.70. The summed E-state index contributed by atoms with van der Waals surface area (Å²) in [5.74, 6) is 6.67. The van der Waals surface area contributed by atoms with Gasteiger partial charge in [0.1, 0.15) is 10.9 Å². The first-order valence-corrected chi connectivity index (χ1v) is 7.56. The van der Waals surface area contributed by atoms with Crippen LogP contribution in [0.15, 0.2) is 16.4 Å². The Hall–Kier alpha value is -1.38. The van der Waals surface area contributed by atoms with Crippen LogP contribution in [0.4, 0.5) is 5.95 Å². The number of rotatable bonds is 3. The normalized spacial score (nSPS) is 14.7. The van der Waals surface area contributed by atoms with E-state index in [1.54, 1.807) is 0 Å². The molecule has 3 rings (SSSR count). The van der Waals surface area contributed by atoms with Gasteiger partial charge in [0, 0.05) is 13.0 Å². The zero-order chi connectivity index (χ0) is 13.9. The summed E-state index contributed by atoms with van der Waals surface area (Å²) in [5.41, 5.74) is 2.41. The van der Waals surface area contributed by atoms with Gasteiger partial charge in [0.2, 0.25) is 5.95 Å². The summed E-state index contributed by atoms with van der Waals surface area (Å²) in [6.07, 6.45) is 6.03. The van der Waals surface area contributed by atoms with E-state index in [0.717, 1.165) is 36.8 Å². The quantitative estimate of drug-likeness (QED) is 0.507. The van der Waals surface area contributed by atoms with E-state index < -0.39 is 0 Å². The minimum absolute atomic E-state index is 0.326. The molecule has 3 heterocycles. The summed E-state index contributed by atoms with van der Waals surface area (Å²) in [6.45, 7) is 0.940. The van der Waals surface area contributed by atoms with Crippen molar-refractivity contribution in [2.75, 3.05) is 5.43 Å². The maximum atomic E-state index is 6.11. The number of fused-ring (bicyclic) bond motifs is 1. The number of hydrogen-bond donors (Lipinski definition) is 2. The van der Waals surface area contributed by atoms with Crippen molar-refractivity contribution in [2.45, 2.75) is 42.4 Å². The third-order valence-corrected chi connectivity index (χ3v) is 4.48. The predicted molar refractivity (Wildman–Crippen MR) is 76.6 cm³/mol. The lowest BCUT2D eigenvalue weighted by molar-refractivity contribution is 0.590. The largest absolute Gasteiger partial charge is 0.306 e. The summed E-state index contributed by atoms with van der Waals surface area (Å²) in [7, 11) is 0. The Morgan fingerprint density at radius 2 is 2.20 bits per heavy atom. The van der Waals surface area contributed by atoms with E-state index in [0.29, 0.717) is 16.0 Å². The number of nitrogens with zero attached hydrogens (tertiary/aromatic N) is 5. The summed E-state index contributed by atoms with van der Waals surface area (Å²) in [6, 6.07) is 0. The molecule has 0 aromatic carbocycles. The van der Waals surface area contributed by atoms with Gasteiger partial charge < -0.3 is 4.57 Å². The molecule has 0 amide bonds. The number of nitrogens with one attached hydrogen (secondary N) is 1. The molecule has 0 spiro atoms. The molecular weight excluding hydrogens is 298 g/mol. The van der Waals surface area contributed by atoms with Crippen molar-refractivity contribution >= 4 is 29.3 Å². The van der Waals surface area contributed by atoms with Crippen molar-refractivity contribution in [3.63, 3.8) is 0 Å². The number of aromatic nitrogens is 5. The van der Waals surface area contributed by atoms with E-state index in [4.69, 9.17) is 17.4 Å². The van der Waals surface area contributed by atoms with Crippen LogP contribution in [-0.2, 0) is 13.0 Å². The third kappa shape index (κ3) is 2.72. The van der Waals surface area contributed by atoms with E-state index in [9.17, 15) is 0 Å². The highest BCUT2D eigenvalue weighted by atomic mass is 35.5. The van der Waals surface area contributed by atoms with Gasteiger partial charge in [-0.1, -0.05) is 18.0 Å². The lowest BCUT2D eigenvalue weighted by atomic mass is 10.2. The Labute approximate surface area is 125 Å². The summed E-state index contributed by atoms with van der Waals surface area (Å²) in [5, 5.41) is 10.4. The topological polar surface area (TPSA) is 94.5 Å². The molecule has 106 valence electrons. The average molecular weight is 312 g/mol. The van der Waals surface area contributed by atoms with Crippen LogP contribution < -0.4 is 11.3 Å². The number of anilines is 1. The van der Waals surface area contributed by atoms with Crippen molar-refractivity contribution < 1.29 is 0 Å². The monoisotopic (exact) mass is 311 g/mol. The molecule has 0 saturated carbocycles. The maximum Gasteiger partial charge on any atom is 0.238 e. The molecule has 7 nitrogen and oxygen atoms in total. The lowest BCUT2D eigenvalue weighted by Crippen LogP contribution is -2.10. The Bertz CT molecular complexity index is 615. The fraction of sp³-hybridized carbons (Fsp3) is 0.455. The minimum atomic E-state index is 0.326. The van der Waals surface area contributed by atoms with Crippen LogP contribution in [0, 0.1) is 0 Å². The molecule has 2 aromatic rings. The van der Waals surface area contributed by atoms with Crippen LogP contribution >= 0.6 is 23.4 Å². The first kappa shape index (κ1) is 13.6. The molecule has 2 aromatic heterocycles. The molecule has 20 heavy (non-hydrogen) atoms. The Morgan fingerprint density at radius 1 is 1.30 bits per heavy atom. The van der Waals surface area contributed by atoms with Crippen molar-refractivity contribution in [2.24, 2.45) is 5.84 Å². The van der Waals surface area contributed by atoms with Crippen LogP contribution in [0.2, 0.25) is 5.02 Å². The van der Waals surface area contributed by atoms with Crippen LogP contribution in [-0.4, -0.2) is 24.7 Å². The summed E-state index contributed by atoms with van der Waals surface area (Å²) < 4.78 is 2.14. The Kier molecular flexibility index (Phi) is 4.04. The van der Waals surface area contributed by atoms with E-state index in [-0.39, 0.29) is 0 Å². The number of nitrogens with two attached hydrogens (primary N) is 1. The second-order valence-corrected chi connectivity index (χ2v) is 5.82. The fourth-order valence-electron chi connectivity index (χ4n) is 2.11. The molecular formula is C11H14ClN7S. The highest BCUT2D eigenvalue weighted by molar-refractivity contribution is 7.99. The summed E-state index contributed by atoms with van der Waals surface area (Å²) in [4.78, 5) is 8.19. The van der Waals surface area contributed by atoms with Crippen LogP contribution in [0.3, 0.4) is 0 Å². The second kappa shape index (κ2) is 5.94. The molecule has 0 fully saturated rings. The highest BCUT2D eigenvalue weighted by Gasteiger charge is 2.17. The van der Waals surface area contributed by atoms with Crippen molar-refractivity contribution in [1.29, 1.82) is 0 Å². The van der Waals surface area contributed by atoms with Gasteiger partial charge in [-0.2, -0.15) is 0 Å². The molecule has 0 unspecified atom stereocenters.